The summed E-state index contributed by atoms with van der Waals surface area (Å²) in [5.41, 5.74) is -0.930. The van der Waals surface area contributed by atoms with Gasteiger partial charge in [-0.3, -0.25) is 0 Å². The van der Waals surface area contributed by atoms with Crippen molar-refractivity contribution < 1.29 is 13.2 Å². The van der Waals surface area contributed by atoms with E-state index in [0.29, 0.717) is 12.5 Å². The van der Waals surface area contributed by atoms with Gasteiger partial charge >= 0.3 is 6.18 Å². The van der Waals surface area contributed by atoms with Gasteiger partial charge in [0.15, 0.2) is 5.69 Å². The van der Waals surface area contributed by atoms with E-state index in [2.05, 4.69) is 20.6 Å². The normalized spacial score (nSPS) is 16.6. The highest BCUT2D eigenvalue weighted by atomic mass is 19.4. The van der Waals surface area contributed by atoms with Crippen molar-refractivity contribution in [2.24, 2.45) is 5.92 Å². The summed E-state index contributed by atoms with van der Waals surface area (Å²) in [5.74, 6) is 0.727. The average Bonchev–Trinajstić information content (AvgIpc) is 2.88. The highest BCUT2D eigenvalue weighted by Crippen LogP contribution is 2.30. The molecule has 0 aliphatic heterocycles. The van der Waals surface area contributed by atoms with E-state index in [1.165, 1.54) is 19.9 Å². The van der Waals surface area contributed by atoms with Crippen molar-refractivity contribution in [3.8, 4) is 0 Å². The molecular weight excluding hydrogens is 257 g/mol. The van der Waals surface area contributed by atoms with E-state index in [1.54, 1.807) is 0 Å². The van der Waals surface area contributed by atoms with E-state index in [-0.39, 0.29) is 11.8 Å². The SMILES string of the molecule is CNc1nc(NCC2CCCC2)cc(C(F)(F)F)n1. The number of nitrogens with zero attached hydrogens (tertiary/aromatic N) is 2. The molecule has 106 valence electrons. The summed E-state index contributed by atoms with van der Waals surface area (Å²) in [7, 11) is 1.50. The zero-order valence-electron chi connectivity index (χ0n) is 10.7. The van der Waals surface area contributed by atoms with Gasteiger partial charge in [-0.15, -0.1) is 0 Å². The molecule has 1 aromatic heterocycles. The van der Waals surface area contributed by atoms with E-state index in [4.69, 9.17) is 0 Å². The number of hydrogen-bond acceptors (Lipinski definition) is 4. The Hall–Kier alpha value is -1.53. The molecule has 0 spiro atoms. The van der Waals surface area contributed by atoms with Crippen LogP contribution in [0.25, 0.3) is 0 Å². The van der Waals surface area contributed by atoms with Crippen molar-refractivity contribution >= 4 is 11.8 Å². The lowest BCUT2D eigenvalue weighted by Gasteiger charge is -2.14. The second kappa shape index (κ2) is 5.63. The maximum atomic E-state index is 12.7. The first-order chi connectivity index (χ1) is 8.99. The minimum absolute atomic E-state index is 0.0243. The van der Waals surface area contributed by atoms with Crippen LogP contribution in [0.3, 0.4) is 0 Å². The van der Waals surface area contributed by atoms with E-state index < -0.39 is 11.9 Å². The van der Waals surface area contributed by atoms with Crippen LogP contribution in [0.4, 0.5) is 24.9 Å². The standard InChI is InChI=1S/C12H17F3N4/c1-16-11-18-9(12(13,14)15)6-10(19-11)17-7-8-4-2-3-5-8/h6,8H,2-5,7H2,1H3,(H2,16,17,18,19). The number of hydrogen-bond donors (Lipinski definition) is 2. The summed E-state index contributed by atoms with van der Waals surface area (Å²) in [4.78, 5) is 7.41. The van der Waals surface area contributed by atoms with Gasteiger partial charge in [0.1, 0.15) is 5.82 Å². The van der Waals surface area contributed by atoms with Crippen molar-refractivity contribution in [1.29, 1.82) is 0 Å². The van der Waals surface area contributed by atoms with Crippen LogP contribution in [0.2, 0.25) is 0 Å². The summed E-state index contributed by atoms with van der Waals surface area (Å²) < 4.78 is 38.0. The molecule has 4 nitrogen and oxygen atoms in total. The summed E-state index contributed by atoms with van der Waals surface area (Å²) in [6.45, 7) is 0.664. The molecule has 1 fully saturated rings. The first-order valence-corrected chi connectivity index (χ1v) is 6.37. The van der Waals surface area contributed by atoms with Crippen molar-refractivity contribution in [3.05, 3.63) is 11.8 Å². The van der Waals surface area contributed by atoms with Crippen molar-refractivity contribution in [2.45, 2.75) is 31.9 Å². The maximum absolute atomic E-state index is 12.7. The quantitative estimate of drug-likeness (QED) is 0.885. The van der Waals surface area contributed by atoms with Crippen LogP contribution in [0.5, 0.6) is 0 Å². The predicted octanol–water partition coefficient (Wildman–Crippen LogP) is 3.14. The number of rotatable bonds is 4. The Balaban J connectivity index is 2.10. The molecule has 1 aliphatic carbocycles. The van der Waals surface area contributed by atoms with Crippen molar-refractivity contribution in [1.82, 2.24) is 9.97 Å². The fraction of sp³-hybridized carbons (Fsp3) is 0.667. The van der Waals surface area contributed by atoms with Gasteiger partial charge in [0.05, 0.1) is 0 Å². The average molecular weight is 274 g/mol. The molecule has 1 aromatic rings. The Labute approximate surface area is 109 Å². The minimum atomic E-state index is -4.46. The molecule has 2 N–H and O–H groups in total. The minimum Gasteiger partial charge on any atom is -0.370 e. The maximum Gasteiger partial charge on any atom is 0.433 e. The van der Waals surface area contributed by atoms with Gasteiger partial charge in [-0.25, -0.2) is 4.98 Å². The highest BCUT2D eigenvalue weighted by Gasteiger charge is 2.33. The lowest BCUT2D eigenvalue weighted by Crippen LogP contribution is -2.16. The topological polar surface area (TPSA) is 49.8 Å². The van der Waals surface area contributed by atoms with E-state index >= 15 is 0 Å². The molecule has 0 aromatic carbocycles. The number of aromatic nitrogens is 2. The summed E-state index contributed by atoms with van der Waals surface area (Å²) in [6, 6.07) is 0.954. The van der Waals surface area contributed by atoms with Crippen LogP contribution in [0, 0.1) is 5.92 Å². The molecule has 1 saturated carbocycles. The molecule has 0 saturated heterocycles. The summed E-state index contributed by atoms with van der Waals surface area (Å²) in [6.07, 6.45) is 0.196. The van der Waals surface area contributed by atoms with Gasteiger partial charge in [0.25, 0.3) is 0 Å². The van der Waals surface area contributed by atoms with Gasteiger partial charge in [0.2, 0.25) is 5.95 Å². The van der Waals surface area contributed by atoms with Crippen LogP contribution < -0.4 is 10.6 Å². The molecule has 0 atom stereocenters. The zero-order chi connectivity index (χ0) is 13.9. The first-order valence-electron chi connectivity index (χ1n) is 6.37. The Morgan fingerprint density at radius 1 is 1.26 bits per heavy atom. The van der Waals surface area contributed by atoms with Crippen molar-refractivity contribution in [3.63, 3.8) is 0 Å². The molecule has 1 heterocycles. The summed E-state index contributed by atoms with van der Waals surface area (Å²) in [5, 5.41) is 5.53. The van der Waals surface area contributed by atoms with Crippen LogP contribution in [-0.4, -0.2) is 23.6 Å². The highest BCUT2D eigenvalue weighted by molar-refractivity contribution is 5.42. The zero-order valence-corrected chi connectivity index (χ0v) is 10.7. The number of alkyl halides is 3. The number of anilines is 2. The van der Waals surface area contributed by atoms with Crippen molar-refractivity contribution in [2.75, 3.05) is 24.2 Å². The van der Waals surface area contributed by atoms with Crippen LogP contribution in [0.1, 0.15) is 31.4 Å². The first kappa shape index (κ1) is 13.9. The molecule has 0 amide bonds. The van der Waals surface area contributed by atoms with Gasteiger partial charge in [-0.1, -0.05) is 12.8 Å². The van der Waals surface area contributed by atoms with Gasteiger partial charge in [-0.2, -0.15) is 18.2 Å². The summed E-state index contributed by atoms with van der Waals surface area (Å²) >= 11 is 0. The smallest absolute Gasteiger partial charge is 0.370 e. The van der Waals surface area contributed by atoms with Gasteiger partial charge in [0, 0.05) is 19.7 Å². The molecule has 0 radical (unpaired) electrons. The fourth-order valence-corrected chi connectivity index (χ4v) is 2.26. The Kier molecular flexibility index (Phi) is 4.11. The Bertz CT molecular complexity index is 427. The van der Waals surface area contributed by atoms with Crippen LogP contribution >= 0.6 is 0 Å². The molecular formula is C12H17F3N4. The molecule has 7 heteroatoms. The largest absolute Gasteiger partial charge is 0.433 e. The van der Waals surface area contributed by atoms with Crippen LogP contribution in [0.15, 0.2) is 6.07 Å². The molecule has 19 heavy (non-hydrogen) atoms. The number of nitrogens with one attached hydrogen (secondary N) is 2. The molecule has 1 aliphatic rings. The van der Waals surface area contributed by atoms with Gasteiger partial charge in [-0.05, 0) is 18.8 Å². The third kappa shape index (κ3) is 3.71. The second-order valence-corrected chi connectivity index (χ2v) is 4.74. The van der Waals surface area contributed by atoms with E-state index in [1.807, 2.05) is 0 Å². The van der Waals surface area contributed by atoms with Gasteiger partial charge < -0.3 is 10.6 Å². The third-order valence-electron chi connectivity index (χ3n) is 3.29. The molecule has 0 bridgehead atoms. The molecule has 2 rings (SSSR count). The second-order valence-electron chi connectivity index (χ2n) is 4.74. The lowest BCUT2D eigenvalue weighted by molar-refractivity contribution is -0.141. The van der Waals surface area contributed by atoms with E-state index in [0.717, 1.165) is 18.9 Å². The van der Waals surface area contributed by atoms with Crippen LogP contribution in [-0.2, 0) is 6.18 Å². The third-order valence-corrected chi connectivity index (χ3v) is 3.29. The molecule has 0 unspecified atom stereocenters. The number of halogens is 3. The van der Waals surface area contributed by atoms with E-state index in [9.17, 15) is 13.2 Å². The Morgan fingerprint density at radius 2 is 1.95 bits per heavy atom. The Morgan fingerprint density at radius 3 is 2.53 bits per heavy atom. The monoisotopic (exact) mass is 274 g/mol. The predicted molar refractivity (Wildman–Crippen MR) is 67.0 cm³/mol. The fourth-order valence-electron chi connectivity index (χ4n) is 2.26. The lowest BCUT2D eigenvalue weighted by atomic mass is 10.1.